The Balaban J connectivity index is 2.15. The van der Waals surface area contributed by atoms with Crippen molar-refractivity contribution < 1.29 is 14.2 Å². The molecule has 0 aliphatic heterocycles. The van der Waals surface area contributed by atoms with E-state index in [0.29, 0.717) is 6.61 Å². The summed E-state index contributed by atoms with van der Waals surface area (Å²) in [6.45, 7) is 0.522. The Hall–Kier alpha value is -1.88. The van der Waals surface area contributed by atoms with E-state index >= 15 is 0 Å². The van der Waals surface area contributed by atoms with E-state index in [9.17, 15) is 0 Å². The number of hydrogen-bond acceptors (Lipinski definition) is 3. The molecule has 0 bridgehead atoms. The van der Waals surface area contributed by atoms with Crippen LogP contribution in [0.5, 0.6) is 17.2 Å². The molecule has 0 fully saturated rings. The molecule has 0 spiro atoms. The van der Waals surface area contributed by atoms with Gasteiger partial charge >= 0.3 is 160 Å². The van der Waals surface area contributed by atoms with Crippen molar-refractivity contribution in [1.29, 1.82) is 0 Å². The van der Waals surface area contributed by atoms with E-state index < -0.39 is 18.4 Å². The molecule has 3 aromatic carbocycles. The molecule has 0 heterocycles. The Bertz CT molecular complexity index is 899. The van der Waals surface area contributed by atoms with Gasteiger partial charge in [0.25, 0.3) is 0 Å². The Labute approximate surface area is 159 Å². The first-order chi connectivity index (χ1) is 12.5. The van der Waals surface area contributed by atoms with E-state index in [1.807, 2.05) is 30.3 Å². The molecule has 136 valence electrons. The van der Waals surface area contributed by atoms with Crippen LogP contribution in [0.2, 0.25) is 14.8 Å². The van der Waals surface area contributed by atoms with Gasteiger partial charge in [-0.25, -0.2) is 0 Å². The summed E-state index contributed by atoms with van der Waals surface area (Å²) in [5.41, 5.74) is 1.14. The zero-order chi connectivity index (χ0) is 18.7. The van der Waals surface area contributed by atoms with Crippen LogP contribution in [0, 0.1) is 0 Å². The van der Waals surface area contributed by atoms with Crippen LogP contribution in [-0.2, 0) is 6.61 Å². The average Bonchev–Trinajstić information content (AvgIpc) is 2.65. The molecule has 0 N–H and O–H groups in total. The molecule has 0 aliphatic carbocycles. The average molecular weight is 457 g/mol. The Morgan fingerprint density at radius 3 is 2.08 bits per heavy atom. The van der Waals surface area contributed by atoms with Gasteiger partial charge in [-0.3, -0.25) is 0 Å². The molecule has 0 amide bonds. The van der Waals surface area contributed by atoms with Crippen molar-refractivity contribution in [2.75, 3.05) is 14.2 Å². The standard InChI is InChI=1S/C19H17O3.3CH3.Sn/c1-20-16-11-12-18(22-13-14-7-4-3-5-8-14)19-15(16)9-6-10-17(19)21-2;;;;/h3-9,11-12H,13H2,1-2H3;3*1H3;. The van der Waals surface area contributed by atoms with Gasteiger partial charge in [0, 0.05) is 0 Å². The molecule has 0 radical (unpaired) electrons. The summed E-state index contributed by atoms with van der Waals surface area (Å²) in [5, 5.41) is 2.03. The molecule has 0 aliphatic rings. The summed E-state index contributed by atoms with van der Waals surface area (Å²) in [6, 6.07) is 18.5. The molecule has 0 saturated carbocycles. The second-order valence-corrected chi connectivity index (χ2v) is 21.7. The van der Waals surface area contributed by atoms with Gasteiger partial charge in [-0.2, -0.15) is 0 Å². The fourth-order valence-corrected chi connectivity index (χ4v) is 7.45. The van der Waals surface area contributed by atoms with E-state index in [-0.39, 0.29) is 0 Å². The number of hydrogen-bond donors (Lipinski definition) is 0. The SMILES string of the molecule is COc1ccc(OCc2ccccc2)c2c(OC)[c]([Sn]([CH3])([CH3])[CH3])ccc12. The number of methoxy groups -OCH3 is 2. The summed E-state index contributed by atoms with van der Waals surface area (Å²) in [7, 11) is 3.44. The number of benzene rings is 3. The van der Waals surface area contributed by atoms with Crippen LogP contribution in [0.3, 0.4) is 0 Å². The second-order valence-electron chi connectivity index (χ2n) is 7.36. The Morgan fingerprint density at radius 2 is 1.46 bits per heavy atom. The zero-order valence-electron chi connectivity index (χ0n) is 16.1. The minimum atomic E-state index is -2.36. The van der Waals surface area contributed by atoms with Crippen molar-refractivity contribution in [3.05, 3.63) is 60.2 Å². The molecule has 0 atom stereocenters. The summed E-state index contributed by atoms with van der Waals surface area (Å²) in [4.78, 5) is 7.18. The second kappa shape index (κ2) is 7.78. The number of rotatable bonds is 6. The molecular formula is C22H26O3Sn. The summed E-state index contributed by atoms with van der Waals surface area (Å²) in [5.74, 6) is 2.60. The summed E-state index contributed by atoms with van der Waals surface area (Å²) < 4.78 is 19.0. The molecule has 0 aromatic heterocycles. The maximum absolute atomic E-state index is 6.20. The van der Waals surface area contributed by atoms with Crippen molar-refractivity contribution >= 4 is 32.7 Å². The normalized spacial score (nSPS) is 11.4. The van der Waals surface area contributed by atoms with Crippen LogP contribution in [0.1, 0.15) is 5.56 Å². The van der Waals surface area contributed by atoms with Crippen LogP contribution < -0.4 is 17.8 Å². The van der Waals surface area contributed by atoms with Crippen molar-refractivity contribution in [2.24, 2.45) is 0 Å². The van der Waals surface area contributed by atoms with Gasteiger partial charge in [0.2, 0.25) is 0 Å². The fourth-order valence-electron chi connectivity index (χ4n) is 3.19. The van der Waals surface area contributed by atoms with Crippen molar-refractivity contribution in [3.63, 3.8) is 0 Å². The minimum absolute atomic E-state index is 0.522. The molecule has 3 aromatic rings. The molecule has 0 unspecified atom stereocenters. The molecule has 3 nitrogen and oxygen atoms in total. The van der Waals surface area contributed by atoms with E-state index in [4.69, 9.17) is 14.2 Å². The molecule has 3 rings (SSSR count). The van der Waals surface area contributed by atoms with Crippen molar-refractivity contribution in [1.82, 2.24) is 0 Å². The van der Waals surface area contributed by atoms with E-state index in [2.05, 4.69) is 39.1 Å². The first-order valence-electron chi connectivity index (χ1n) is 8.80. The third-order valence-corrected chi connectivity index (χ3v) is 10.3. The van der Waals surface area contributed by atoms with Crippen LogP contribution in [0.15, 0.2) is 54.6 Å². The van der Waals surface area contributed by atoms with Crippen LogP contribution in [0.25, 0.3) is 10.8 Å². The predicted octanol–water partition coefficient (Wildman–Crippen LogP) is 4.98. The van der Waals surface area contributed by atoms with Crippen molar-refractivity contribution in [2.45, 2.75) is 21.4 Å². The number of fused-ring (bicyclic) bond motifs is 1. The molecule has 4 heteroatoms. The van der Waals surface area contributed by atoms with Gasteiger partial charge in [-0.1, -0.05) is 0 Å². The maximum atomic E-state index is 6.20. The summed E-state index contributed by atoms with van der Waals surface area (Å²) in [6.07, 6.45) is 0. The monoisotopic (exact) mass is 458 g/mol. The van der Waals surface area contributed by atoms with E-state index in [1.54, 1.807) is 14.2 Å². The van der Waals surface area contributed by atoms with Crippen LogP contribution in [0.4, 0.5) is 0 Å². The molecule has 0 saturated heterocycles. The fraction of sp³-hybridized carbons (Fsp3) is 0.273. The molecule has 26 heavy (non-hydrogen) atoms. The summed E-state index contributed by atoms with van der Waals surface area (Å²) >= 11 is -2.36. The molecular weight excluding hydrogens is 431 g/mol. The number of ether oxygens (including phenoxy) is 3. The third kappa shape index (κ3) is 3.78. The zero-order valence-corrected chi connectivity index (χ0v) is 19.0. The predicted molar refractivity (Wildman–Crippen MR) is 111 cm³/mol. The van der Waals surface area contributed by atoms with E-state index in [0.717, 1.165) is 33.6 Å². The van der Waals surface area contributed by atoms with Gasteiger partial charge in [0.15, 0.2) is 0 Å². The van der Waals surface area contributed by atoms with Gasteiger partial charge in [-0.15, -0.1) is 0 Å². The van der Waals surface area contributed by atoms with Gasteiger partial charge in [0.05, 0.1) is 0 Å². The topological polar surface area (TPSA) is 27.7 Å². The van der Waals surface area contributed by atoms with Crippen LogP contribution in [-0.4, -0.2) is 32.6 Å². The van der Waals surface area contributed by atoms with Gasteiger partial charge < -0.3 is 0 Å². The van der Waals surface area contributed by atoms with Gasteiger partial charge in [-0.05, 0) is 0 Å². The van der Waals surface area contributed by atoms with Crippen LogP contribution >= 0.6 is 0 Å². The third-order valence-electron chi connectivity index (χ3n) is 4.52. The Morgan fingerprint density at radius 1 is 0.769 bits per heavy atom. The van der Waals surface area contributed by atoms with Gasteiger partial charge in [0.1, 0.15) is 0 Å². The quantitative estimate of drug-likeness (QED) is 0.489. The Kier molecular flexibility index (Phi) is 5.66. The van der Waals surface area contributed by atoms with E-state index in [1.165, 1.54) is 3.58 Å². The first-order valence-corrected chi connectivity index (χ1v) is 18.8. The first kappa shape index (κ1) is 18.9. The van der Waals surface area contributed by atoms with Crippen molar-refractivity contribution in [3.8, 4) is 17.2 Å².